The fourth-order valence-corrected chi connectivity index (χ4v) is 1.29. The van der Waals surface area contributed by atoms with E-state index in [0.717, 1.165) is 10.3 Å². The second-order valence-electron chi connectivity index (χ2n) is 3.09. The highest BCUT2D eigenvalue weighted by molar-refractivity contribution is 6.03. The molecule has 0 aliphatic heterocycles. The molecule has 0 spiro atoms. The Kier molecular flexibility index (Phi) is 5.25. The van der Waals surface area contributed by atoms with Gasteiger partial charge < -0.3 is 0 Å². The van der Waals surface area contributed by atoms with Gasteiger partial charge in [0.1, 0.15) is 0 Å². The van der Waals surface area contributed by atoms with Crippen molar-refractivity contribution in [1.82, 2.24) is 10.3 Å². The fraction of sp³-hybridized carbons (Fsp3) is 0.273. The van der Waals surface area contributed by atoms with E-state index in [1.54, 1.807) is 30.3 Å². The largest absolute Gasteiger partial charge is 0.285 e. The Bertz CT molecular complexity index is 406. The van der Waals surface area contributed by atoms with Crippen molar-refractivity contribution in [2.75, 3.05) is 21.3 Å². The molecule has 7 heteroatoms. The van der Waals surface area contributed by atoms with Gasteiger partial charge in [-0.3, -0.25) is 15.0 Å². The van der Waals surface area contributed by atoms with E-state index in [0.29, 0.717) is 5.56 Å². The number of nitrogens with zero attached hydrogens (tertiary/aromatic N) is 2. The van der Waals surface area contributed by atoms with Crippen LogP contribution in [0.4, 0.5) is 0 Å². The van der Waals surface area contributed by atoms with Gasteiger partial charge in [0.25, 0.3) is 11.9 Å². The summed E-state index contributed by atoms with van der Waals surface area (Å²) in [6.45, 7) is 0. The summed E-state index contributed by atoms with van der Waals surface area (Å²) in [5, 5.41) is 9.23. The SMILES string of the molecule is CON(OC)C(=N)N(OC)C(=O)c1ccccc1. The zero-order valence-electron chi connectivity index (χ0n) is 10.4. The molecule has 0 radical (unpaired) electrons. The first-order chi connectivity index (χ1) is 8.65. The van der Waals surface area contributed by atoms with E-state index >= 15 is 0 Å². The maximum absolute atomic E-state index is 12.1. The van der Waals surface area contributed by atoms with E-state index in [2.05, 4.69) is 0 Å². The Labute approximate surface area is 105 Å². The first kappa shape index (κ1) is 14.1. The molecule has 1 aromatic rings. The van der Waals surface area contributed by atoms with Crippen LogP contribution in [0.1, 0.15) is 10.4 Å². The van der Waals surface area contributed by atoms with Crippen molar-refractivity contribution in [2.24, 2.45) is 0 Å². The van der Waals surface area contributed by atoms with Crippen LogP contribution in [-0.2, 0) is 14.5 Å². The average molecular weight is 253 g/mol. The number of benzene rings is 1. The molecule has 0 saturated carbocycles. The Morgan fingerprint density at radius 1 is 1.06 bits per heavy atom. The van der Waals surface area contributed by atoms with Gasteiger partial charge in [0.2, 0.25) is 0 Å². The van der Waals surface area contributed by atoms with E-state index < -0.39 is 11.9 Å². The van der Waals surface area contributed by atoms with Gasteiger partial charge in [-0.2, -0.15) is 0 Å². The minimum Gasteiger partial charge on any atom is -0.266 e. The maximum atomic E-state index is 12.1. The summed E-state index contributed by atoms with van der Waals surface area (Å²) in [6, 6.07) is 8.46. The van der Waals surface area contributed by atoms with Gasteiger partial charge in [0.05, 0.1) is 21.3 Å². The Morgan fingerprint density at radius 3 is 2.06 bits per heavy atom. The molecule has 1 rings (SSSR count). The van der Waals surface area contributed by atoms with Crippen LogP contribution in [0.25, 0.3) is 0 Å². The number of nitrogens with one attached hydrogen (secondary N) is 1. The Morgan fingerprint density at radius 2 is 1.61 bits per heavy atom. The van der Waals surface area contributed by atoms with E-state index in [4.69, 9.17) is 19.9 Å². The lowest BCUT2D eigenvalue weighted by atomic mass is 10.2. The minimum absolute atomic E-state index is 0.385. The number of carbonyl (C=O) groups is 1. The van der Waals surface area contributed by atoms with Gasteiger partial charge in [0.15, 0.2) is 0 Å². The molecule has 0 saturated heterocycles. The van der Waals surface area contributed by atoms with Crippen LogP contribution >= 0.6 is 0 Å². The average Bonchev–Trinajstić information content (AvgIpc) is 2.42. The number of hydroxylamine groups is 4. The molecule has 1 N–H and O–H groups in total. The van der Waals surface area contributed by atoms with Crippen molar-refractivity contribution >= 4 is 11.9 Å². The smallest absolute Gasteiger partial charge is 0.266 e. The van der Waals surface area contributed by atoms with Crippen molar-refractivity contribution in [3.63, 3.8) is 0 Å². The fourth-order valence-electron chi connectivity index (χ4n) is 1.29. The highest BCUT2D eigenvalue weighted by Crippen LogP contribution is 2.07. The molecule has 1 amide bonds. The normalized spacial score (nSPS) is 9.94. The molecular formula is C11H15N3O4. The summed E-state index contributed by atoms with van der Waals surface area (Å²) < 4.78 is 0. The van der Waals surface area contributed by atoms with Crippen molar-refractivity contribution in [1.29, 1.82) is 5.41 Å². The lowest BCUT2D eigenvalue weighted by molar-refractivity contribution is -0.300. The summed E-state index contributed by atoms with van der Waals surface area (Å²) in [5.74, 6) is -0.890. The standard InChI is InChI=1S/C11H15N3O4/c1-16-13(11(12)14(17-2)18-3)10(15)9-7-5-4-6-8-9/h4-8,12H,1-3H3. The molecule has 0 unspecified atom stereocenters. The molecule has 7 nitrogen and oxygen atoms in total. The molecule has 0 heterocycles. The van der Waals surface area contributed by atoms with Gasteiger partial charge in [-0.15, -0.1) is 5.06 Å². The summed E-state index contributed by atoms with van der Waals surface area (Å²) >= 11 is 0. The molecule has 0 aliphatic carbocycles. The Hall–Kier alpha value is -1.96. The van der Waals surface area contributed by atoms with Crippen LogP contribution in [-0.4, -0.2) is 43.5 Å². The molecular weight excluding hydrogens is 238 g/mol. The van der Waals surface area contributed by atoms with Crippen LogP contribution in [0.15, 0.2) is 30.3 Å². The molecule has 98 valence electrons. The lowest BCUT2D eigenvalue weighted by Gasteiger charge is -2.25. The van der Waals surface area contributed by atoms with E-state index in [1.165, 1.54) is 21.3 Å². The monoisotopic (exact) mass is 253 g/mol. The number of carbonyl (C=O) groups excluding carboxylic acids is 1. The molecule has 0 atom stereocenters. The van der Waals surface area contributed by atoms with E-state index in [9.17, 15) is 4.79 Å². The van der Waals surface area contributed by atoms with Crippen LogP contribution in [0.3, 0.4) is 0 Å². The van der Waals surface area contributed by atoms with E-state index in [1.807, 2.05) is 0 Å². The molecule has 0 aromatic heterocycles. The highest BCUT2D eigenvalue weighted by atomic mass is 16.9. The first-order valence-corrected chi connectivity index (χ1v) is 5.06. The third-order valence-corrected chi connectivity index (χ3v) is 2.08. The summed E-state index contributed by atoms with van der Waals surface area (Å²) in [7, 11) is 3.89. The topological polar surface area (TPSA) is 75.1 Å². The van der Waals surface area contributed by atoms with Gasteiger partial charge in [-0.05, 0) is 12.1 Å². The maximum Gasteiger partial charge on any atom is 0.285 e. The van der Waals surface area contributed by atoms with Crippen LogP contribution in [0.5, 0.6) is 0 Å². The molecule has 0 fully saturated rings. The molecule has 18 heavy (non-hydrogen) atoms. The summed E-state index contributed by atoms with van der Waals surface area (Å²) in [5.41, 5.74) is 0.385. The van der Waals surface area contributed by atoms with Crippen LogP contribution < -0.4 is 0 Å². The quantitative estimate of drug-likeness (QED) is 0.493. The third kappa shape index (κ3) is 3.04. The molecule has 0 bridgehead atoms. The predicted octanol–water partition coefficient (Wildman–Crippen LogP) is 1.05. The zero-order valence-corrected chi connectivity index (χ0v) is 10.4. The van der Waals surface area contributed by atoms with Crippen molar-refractivity contribution in [3.05, 3.63) is 35.9 Å². The van der Waals surface area contributed by atoms with Gasteiger partial charge in [-0.1, -0.05) is 23.4 Å². The van der Waals surface area contributed by atoms with Crippen molar-refractivity contribution in [3.8, 4) is 0 Å². The summed E-state index contributed by atoms with van der Waals surface area (Å²) in [4.78, 5) is 26.4. The Balaban J connectivity index is 2.90. The second kappa shape index (κ2) is 6.70. The van der Waals surface area contributed by atoms with Gasteiger partial charge >= 0.3 is 0 Å². The van der Waals surface area contributed by atoms with Crippen LogP contribution in [0.2, 0.25) is 0 Å². The van der Waals surface area contributed by atoms with Gasteiger partial charge in [-0.25, -0.2) is 9.68 Å². The number of guanidine groups is 1. The van der Waals surface area contributed by atoms with Gasteiger partial charge in [0, 0.05) is 5.56 Å². The number of hydrogen-bond donors (Lipinski definition) is 1. The third-order valence-electron chi connectivity index (χ3n) is 2.08. The second-order valence-corrected chi connectivity index (χ2v) is 3.09. The minimum atomic E-state index is -0.498. The lowest BCUT2D eigenvalue weighted by Crippen LogP contribution is -2.45. The zero-order chi connectivity index (χ0) is 13.5. The molecule has 0 aliphatic rings. The number of amides is 1. The number of hydrogen-bond acceptors (Lipinski definition) is 5. The van der Waals surface area contributed by atoms with Crippen LogP contribution in [0, 0.1) is 5.41 Å². The molecule has 1 aromatic carbocycles. The van der Waals surface area contributed by atoms with Crippen molar-refractivity contribution in [2.45, 2.75) is 0 Å². The highest BCUT2D eigenvalue weighted by Gasteiger charge is 2.25. The van der Waals surface area contributed by atoms with E-state index in [-0.39, 0.29) is 0 Å². The van der Waals surface area contributed by atoms with Crippen molar-refractivity contribution < 1.29 is 19.3 Å². The summed E-state index contributed by atoms with van der Waals surface area (Å²) in [6.07, 6.45) is 0. The number of rotatable bonds is 4. The predicted molar refractivity (Wildman–Crippen MR) is 63.2 cm³/mol. The first-order valence-electron chi connectivity index (χ1n) is 5.06.